The first-order valence-electron chi connectivity index (χ1n) is 5.59. The number of aryl methyl sites for hydroxylation is 1. The minimum absolute atomic E-state index is 0.0328. The van der Waals surface area contributed by atoms with E-state index in [0.717, 1.165) is 15.2 Å². The number of nitrogens with zero attached hydrogens (tertiary/aromatic N) is 3. The third-order valence-corrected chi connectivity index (χ3v) is 2.83. The van der Waals surface area contributed by atoms with Crippen molar-refractivity contribution in [3.63, 3.8) is 0 Å². The molecule has 0 aliphatic heterocycles. The SMILES string of the molecule is Cn1ccn(Cc2cccc([N+](=O)[O-])c2F)c(=O)c1=O. The van der Waals surface area contributed by atoms with Crippen molar-refractivity contribution in [3.8, 4) is 0 Å². The van der Waals surface area contributed by atoms with Gasteiger partial charge in [-0.15, -0.1) is 0 Å². The minimum atomic E-state index is -1.01. The van der Waals surface area contributed by atoms with Crippen molar-refractivity contribution in [2.24, 2.45) is 7.05 Å². The van der Waals surface area contributed by atoms with Gasteiger partial charge in [0.1, 0.15) is 0 Å². The molecule has 0 N–H and O–H groups in total. The maximum absolute atomic E-state index is 13.9. The number of rotatable bonds is 3. The van der Waals surface area contributed by atoms with E-state index in [4.69, 9.17) is 0 Å². The summed E-state index contributed by atoms with van der Waals surface area (Å²) < 4.78 is 16.0. The molecule has 0 amide bonds. The van der Waals surface area contributed by atoms with Crippen LogP contribution in [0.25, 0.3) is 0 Å². The van der Waals surface area contributed by atoms with Crippen molar-refractivity contribution < 1.29 is 9.31 Å². The number of benzene rings is 1. The largest absolute Gasteiger partial charge is 0.316 e. The maximum atomic E-state index is 13.9. The Hall–Kier alpha value is -2.77. The van der Waals surface area contributed by atoms with Gasteiger partial charge in [-0.25, -0.2) is 0 Å². The monoisotopic (exact) mass is 279 g/mol. The number of hydrogen-bond donors (Lipinski definition) is 0. The van der Waals surface area contributed by atoms with Gasteiger partial charge in [0.15, 0.2) is 0 Å². The van der Waals surface area contributed by atoms with E-state index in [1.54, 1.807) is 0 Å². The van der Waals surface area contributed by atoms with Crippen LogP contribution >= 0.6 is 0 Å². The zero-order valence-electron chi connectivity index (χ0n) is 10.4. The summed E-state index contributed by atoms with van der Waals surface area (Å²) in [5.74, 6) is -1.01. The van der Waals surface area contributed by atoms with E-state index in [0.29, 0.717) is 0 Å². The molecule has 1 aromatic heterocycles. The van der Waals surface area contributed by atoms with Gasteiger partial charge >= 0.3 is 16.8 Å². The molecule has 0 fully saturated rings. The Labute approximate surface area is 111 Å². The van der Waals surface area contributed by atoms with Crippen LogP contribution in [0.1, 0.15) is 5.56 Å². The van der Waals surface area contributed by atoms with E-state index < -0.39 is 27.5 Å². The molecule has 104 valence electrons. The molecule has 2 aromatic rings. The van der Waals surface area contributed by atoms with Gasteiger partial charge in [-0.1, -0.05) is 12.1 Å². The lowest BCUT2D eigenvalue weighted by Gasteiger charge is -2.07. The summed E-state index contributed by atoms with van der Waals surface area (Å²) in [4.78, 5) is 33.0. The van der Waals surface area contributed by atoms with Crippen molar-refractivity contribution in [3.05, 3.63) is 72.8 Å². The molecular weight excluding hydrogens is 269 g/mol. The van der Waals surface area contributed by atoms with Gasteiger partial charge in [-0.05, 0) is 0 Å². The molecule has 20 heavy (non-hydrogen) atoms. The Morgan fingerprint density at radius 3 is 2.60 bits per heavy atom. The second-order valence-electron chi connectivity index (χ2n) is 4.15. The van der Waals surface area contributed by atoms with Gasteiger partial charge < -0.3 is 9.13 Å². The number of aromatic nitrogens is 2. The highest BCUT2D eigenvalue weighted by Gasteiger charge is 2.17. The Morgan fingerprint density at radius 1 is 1.25 bits per heavy atom. The fourth-order valence-electron chi connectivity index (χ4n) is 1.73. The van der Waals surface area contributed by atoms with Crippen LogP contribution in [0.4, 0.5) is 10.1 Å². The molecule has 0 bridgehead atoms. The summed E-state index contributed by atoms with van der Waals surface area (Å²) >= 11 is 0. The quantitative estimate of drug-likeness (QED) is 0.468. The molecule has 0 radical (unpaired) electrons. The summed E-state index contributed by atoms with van der Waals surface area (Å²) in [7, 11) is 1.42. The first-order chi connectivity index (χ1) is 9.41. The molecule has 0 aliphatic rings. The molecule has 0 saturated heterocycles. The first kappa shape index (κ1) is 13.7. The second kappa shape index (κ2) is 5.08. The van der Waals surface area contributed by atoms with Crippen LogP contribution in [0, 0.1) is 15.9 Å². The van der Waals surface area contributed by atoms with Gasteiger partial charge in [0, 0.05) is 31.1 Å². The van der Waals surface area contributed by atoms with Gasteiger partial charge in [0.2, 0.25) is 5.82 Å². The van der Waals surface area contributed by atoms with Crippen LogP contribution in [0.15, 0.2) is 40.2 Å². The van der Waals surface area contributed by atoms with Crippen molar-refractivity contribution in [2.75, 3.05) is 0 Å². The lowest BCUT2D eigenvalue weighted by molar-refractivity contribution is -0.387. The number of nitro groups is 1. The molecule has 1 heterocycles. The first-order valence-corrected chi connectivity index (χ1v) is 5.59. The Balaban J connectivity index is 2.49. The zero-order chi connectivity index (χ0) is 14.9. The summed E-state index contributed by atoms with van der Waals surface area (Å²) in [6.07, 6.45) is 2.68. The zero-order valence-corrected chi connectivity index (χ0v) is 10.4. The number of hydrogen-bond acceptors (Lipinski definition) is 4. The predicted molar refractivity (Wildman–Crippen MR) is 68.1 cm³/mol. The van der Waals surface area contributed by atoms with Gasteiger partial charge in [0.25, 0.3) is 0 Å². The van der Waals surface area contributed by atoms with Crippen molar-refractivity contribution in [1.82, 2.24) is 9.13 Å². The molecule has 0 atom stereocenters. The average molecular weight is 279 g/mol. The van der Waals surface area contributed by atoms with Gasteiger partial charge in [-0.3, -0.25) is 19.7 Å². The standard InChI is InChI=1S/C12H10FN3O4/c1-14-5-6-15(12(18)11(14)17)7-8-3-2-4-9(10(8)13)16(19)20/h2-6H,7H2,1H3. The van der Waals surface area contributed by atoms with Crippen LogP contribution < -0.4 is 11.1 Å². The van der Waals surface area contributed by atoms with E-state index in [1.165, 1.54) is 31.6 Å². The molecule has 2 rings (SSSR count). The molecule has 0 unspecified atom stereocenters. The van der Waals surface area contributed by atoms with E-state index in [9.17, 15) is 24.1 Å². The summed E-state index contributed by atoms with van der Waals surface area (Å²) in [6, 6.07) is 3.68. The van der Waals surface area contributed by atoms with Crippen molar-refractivity contribution >= 4 is 5.69 Å². The summed E-state index contributed by atoms with van der Waals surface area (Å²) in [5, 5.41) is 10.6. The fourth-order valence-corrected chi connectivity index (χ4v) is 1.73. The smallest absolute Gasteiger partial charge is 0.312 e. The topological polar surface area (TPSA) is 87.1 Å². The van der Waals surface area contributed by atoms with E-state index >= 15 is 0 Å². The van der Waals surface area contributed by atoms with Crippen LogP contribution in [0.5, 0.6) is 0 Å². The lowest BCUT2D eigenvalue weighted by Crippen LogP contribution is -2.39. The van der Waals surface area contributed by atoms with Crippen LogP contribution in [-0.4, -0.2) is 14.1 Å². The molecule has 8 heteroatoms. The number of nitro benzene ring substituents is 1. The molecule has 0 saturated carbocycles. The maximum Gasteiger partial charge on any atom is 0.316 e. The highest BCUT2D eigenvalue weighted by molar-refractivity contribution is 5.36. The van der Waals surface area contributed by atoms with Crippen LogP contribution in [0.2, 0.25) is 0 Å². The fraction of sp³-hybridized carbons (Fsp3) is 0.167. The van der Waals surface area contributed by atoms with Gasteiger partial charge in [0.05, 0.1) is 11.5 Å². The lowest BCUT2D eigenvalue weighted by atomic mass is 10.2. The van der Waals surface area contributed by atoms with Crippen molar-refractivity contribution in [1.29, 1.82) is 0 Å². The van der Waals surface area contributed by atoms with Crippen LogP contribution in [-0.2, 0) is 13.6 Å². The second-order valence-corrected chi connectivity index (χ2v) is 4.15. The third kappa shape index (κ3) is 2.35. The highest BCUT2D eigenvalue weighted by Crippen LogP contribution is 2.20. The number of halogens is 1. The van der Waals surface area contributed by atoms with E-state index in [-0.39, 0.29) is 12.1 Å². The Morgan fingerprint density at radius 2 is 1.95 bits per heavy atom. The van der Waals surface area contributed by atoms with E-state index in [2.05, 4.69) is 0 Å². The summed E-state index contributed by atoms with van der Waals surface area (Å²) in [5.41, 5.74) is -2.27. The predicted octanol–water partition coefficient (Wildman–Crippen LogP) is 0.643. The highest BCUT2D eigenvalue weighted by atomic mass is 19.1. The normalized spacial score (nSPS) is 10.5. The Bertz CT molecular complexity index is 794. The third-order valence-electron chi connectivity index (χ3n) is 2.83. The molecule has 7 nitrogen and oxygen atoms in total. The molecular formula is C12H10FN3O4. The molecule has 0 spiro atoms. The van der Waals surface area contributed by atoms with Crippen molar-refractivity contribution in [2.45, 2.75) is 6.54 Å². The van der Waals surface area contributed by atoms with Crippen LogP contribution in [0.3, 0.4) is 0 Å². The van der Waals surface area contributed by atoms with Gasteiger partial charge in [-0.2, -0.15) is 4.39 Å². The van der Waals surface area contributed by atoms with E-state index in [1.807, 2.05) is 0 Å². The Kier molecular flexibility index (Phi) is 3.47. The average Bonchev–Trinajstić information content (AvgIpc) is 2.41. The molecule has 1 aromatic carbocycles. The molecule has 0 aliphatic carbocycles. The minimum Gasteiger partial charge on any atom is -0.312 e. The summed E-state index contributed by atoms with van der Waals surface area (Å²) in [6.45, 7) is -0.248.